The molecule has 0 saturated heterocycles. The lowest BCUT2D eigenvalue weighted by molar-refractivity contribution is -0.138. The van der Waals surface area contributed by atoms with Crippen LogP contribution in [0.3, 0.4) is 0 Å². The molecule has 19 heavy (non-hydrogen) atoms. The van der Waals surface area contributed by atoms with Crippen LogP contribution in [-0.4, -0.2) is 17.6 Å². The van der Waals surface area contributed by atoms with Gasteiger partial charge in [-0.2, -0.15) is 13.2 Å². The molecule has 0 unspecified atom stereocenters. The third-order valence-electron chi connectivity index (χ3n) is 2.37. The van der Waals surface area contributed by atoms with Crippen LogP contribution in [0, 0.1) is 0 Å². The molecule has 3 nitrogen and oxygen atoms in total. The molecule has 0 bridgehead atoms. The van der Waals surface area contributed by atoms with Crippen LogP contribution in [-0.2, 0) is 6.18 Å². The summed E-state index contributed by atoms with van der Waals surface area (Å²) in [7, 11) is 0. The minimum Gasteiger partial charge on any atom is -0.478 e. The van der Waals surface area contributed by atoms with Crippen LogP contribution in [0.15, 0.2) is 29.8 Å². The molecule has 0 aromatic heterocycles. The molecule has 0 aliphatic rings. The molecule has 0 spiro atoms. The highest BCUT2D eigenvalue weighted by Gasteiger charge is 2.35. The number of carboxylic acids is 1. The SMILES string of the molecule is CC(C)=CCNc1ccc(C(=O)O)c(C(F)(F)F)c1. The zero-order chi connectivity index (χ0) is 14.6. The van der Waals surface area contributed by atoms with E-state index in [-0.39, 0.29) is 5.69 Å². The van der Waals surface area contributed by atoms with Crippen LogP contribution >= 0.6 is 0 Å². The number of carbonyl (C=O) groups is 1. The normalized spacial score (nSPS) is 11.0. The van der Waals surface area contributed by atoms with Gasteiger partial charge < -0.3 is 10.4 Å². The molecule has 0 radical (unpaired) electrons. The number of nitrogens with one attached hydrogen (secondary N) is 1. The van der Waals surface area contributed by atoms with Crippen molar-refractivity contribution in [2.75, 3.05) is 11.9 Å². The number of hydrogen-bond donors (Lipinski definition) is 2. The van der Waals surface area contributed by atoms with E-state index in [1.165, 1.54) is 6.07 Å². The topological polar surface area (TPSA) is 49.3 Å². The lowest BCUT2D eigenvalue weighted by atomic mass is 10.1. The smallest absolute Gasteiger partial charge is 0.417 e. The quantitative estimate of drug-likeness (QED) is 0.821. The Morgan fingerprint density at radius 3 is 2.47 bits per heavy atom. The number of aromatic carboxylic acids is 1. The van der Waals surface area contributed by atoms with E-state index in [2.05, 4.69) is 5.32 Å². The number of halogens is 3. The van der Waals surface area contributed by atoms with Crippen molar-refractivity contribution in [3.8, 4) is 0 Å². The zero-order valence-corrected chi connectivity index (χ0v) is 10.5. The van der Waals surface area contributed by atoms with Crippen LogP contribution in [0.5, 0.6) is 0 Å². The average Bonchev–Trinajstić information content (AvgIpc) is 2.27. The molecule has 0 fully saturated rings. The number of rotatable bonds is 4. The molecule has 0 heterocycles. The first-order valence-corrected chi connectivity index (χ1v) is 5.53. The molecule has 1 aromatic carbocycles. The minimum absolute atomic E-state index is 0.231. The van der Waals surface area contributed by atoms with Gasteiger partial charge in [-0.15, -0.1) is 0 Å². The van der Waals surface area contributed by atoms with Gasteiger partial charge in [0.25, 0.3) is 0 Å². The number of hydrogen-bond acceptors (Lipinski definition) is 2. The van der Waals surface area contributed by atoms with Crippen molar-refractivity contribution >= 4 is 11.7 Å². The molecule has 0 saturated carbocycles. The second-order valence-corrected chi connectivity index (χ2v) is 4.23. The van der Waals surface area contributed by atoms with Gasteiger partial charge in [0, 0.05) is 12.2 Å². The van der Waals surface area contributed by atoms with Crippen LogP contribution < -0.4 is 5.32 Å². The van der Waals surface area contributed by atoms with Gasteiger partial charge in [0.05, 0.1) is 11.1 Å². The van der Waals surface area contributed by atoms with E-state index >= 15 is 0 Å². The maximum absolute atomic E-state index is 12.7. The predicted molar refractivity (Wildman–Crippen MR) is 66.3 cm³/mol. The summed E-state index contributed by atoms with van der Waals surface area (Å²) >= 11 is 0. The summed E-state index contributed by atoms with van der Waals surface area (Å²) in [5.74, 6) is -1.59. The van der Waals surface area contributed by atoms with E-state index in [1.807, 2.05) is 19.9 Å². The summed E-state index contributed by atoms with van der Waals surface area (Å²) in [5, 5.41) is 11.5. The summed E-state index contributed by atoms with van der Waals surface area (Å²) in [5.41, 5.74) is -0.636. The van der Waals surface area contributed by atoms with E-state index in [1.54, 1.807) is 0 Å². The van der Waals surface area contributed by atoms with Crippen molar-refractivity contribution in [3.05, 3.63) is 41.0 Å². The average molecular weight is 273 g/mol. The Balaban J connectivity index is 3.05. The van der Waals surface area contributed by atoms with Crippen molar-refractivity contribution in [2.45, 2.75) is 20.0 Å². The Hall–Kier alpha value is -1.98. The summed E-state index contributed by atoms with van der Waals surface area (Å²) < 4.78 is 38.2. The van der Waals surface area contributed by atoms with Gasteiger partial charge in [-0.1, -0.05) is 11.6 Å². The number of benzene rings is 1. The maximum atomic E-state index is 12.7. The first kappa shape index (κ1) is 15.1. The second-order valence-electron chi connectivity index (χ2n) is 4.23. The largest absolute Gasteiger partial charge is 0.478 e. The number of carboxylic acid groups (broad SMARTS) is 1. The summed E-state index contributed by atoms with van der Waals surface area (Å²) in [6.07, 6.45) is -2.87. The van der Waals surface area contributed by atoms with E-state index in [0.29, 0.717) is 6.54 Å². The third kappa shape index (κ3) is 4.31. The molecule has 2 N–H and O–H groups in total. The van der Waals surface area contributed by atoms with Crippen molar-refractivity contribution < 1.29 is 23.1 Å². The summed E-state index contributed by atoms with van der Waals surface area (Å²) in [6.45, 7) is 4.12. The highest BCUT2D eigenvalue weighted by molar-refractivity contribution is 5.90. The summed E-state index contributed by atoms with van der Waals surface area (Å²) in [4.78, 5) is 10.8. The fourth-order valence-corrected chi connectivity index (χ4v) is 1.45. The van der Waals surface area contributed by atoms with E-state index in [0.717, 1.165) is 17.7 Å². The van der Waals surface area contributed by atoms with Crippen molar-refractivity contribution in [1.82, 2.24) is 0 Å². The Labute approximate surface area is 108 Å². The molecule has 0 atom stereocenters. The van der Waals surface area contributed by atoms with Crippen LogP contribution in [0.4, 0.5) is 18.9 Å². The van der Waals surface area contributed by atoms with Crippen LogP contribution in [0.1, 0.15) is 29.8 Å². The van der Waals surface area contributed by atoms with Gasteiger partial charge in [-0.05, 0) is 32.0 Å². The first-order chi connectivity index (χ1) is 8.71. The van der Waals surface area contributed by atoms with E-state index < -0.39 is 23.3 Å². The van der Waals surface area contributed by atoms with Crippen molar-refractivity contribution in [3.63, 3.8) is 0 Å². The first-order valence-electron chi connectivity index (χ1n) is 5.53. The number of anilines is 1. The Morgan fingerprint density at radius 2 is 2.00 bits per heavy atom. The molecule has 1 aromatic rings. The monoisotopic (exact) mass is 273 g/mol. The molecule has 0 aliphatic carbocycles. The standard InChI is InChI=1S/C13H14F3NO2/c1-8(2)5-6-17-9-3-4-10(12(18)19)11(7-9)13(14,15)16/h3-5,7,17H,6H2,1-2H3,(H,18,19). The molecule has 1 rings (SSSR count). The van der Waals surface area contributed by atoms with Gasteiger partial charge in [0.15, 0.2) is 0 Å². The maximum Gasteiger partial charge on any atom is 0.417 e. The zero-order valence-electron chi connectivity index (χ0n) is 10.5. The molecule has 0 amide bonds. The molecule has 6 heteroatoms. The van der Waals surface area contributed by atoms with Gasteiger partial charge in [0.2, 0.25) is 0 Å². The molecule has 104 valence electrons. The van der Waals surface area contributed by atoms with Gasteiger partial charge in [0.1, 0.15) is 0 Å². The van der Waals surface area contributed by atoms with Gasteiger partial charge in [-0.3, -0.25) is 0 Å². The third-order valence-corrected chi connectivity index (χ3v) is 2.37. The lowest BCUT2D eigenvalue weighted by Gasteiger charge is -2.12. The predicted octanol–water partition coefficient (Wildman–Crippen LogP) is 3.78. The fraction of sp³-hybridized carbons (Fsp3) is 0.308. The van der Waals surface area contributed by atoms with Gasteiger partial charge in [-0.25, -0.2) is 4.79 Å². The van der Waals surface area contributed by atoms with Crippen LogP contribution in [0.25, 0.3) is 0 Å². The molecular weight excluding hydrogens is 259 g/mol. The minimum atomic E-state index is -4.69. The fourth-order valence-electron chi connectivity index (χ4n) is 1.45. The van der Waals surface area contributed by atoms with Gasteiger partial charge >= 0.3 is 12.1 Å². The number of allylic oxidation sites excluding steroid dienone is 1. The summed E-state index contributed by atoms with van der Waals surface area (Å²) in [6, 6.07) is 3.08. The van der Waals surface area contributed by atoms with Crippen molar-refractivity contribution in [2.24, 2.45) is 0 Å². The highest BCUT2D eigenvalue weighted by Crippen LogP contribution is 2.33. The molecule has 0 aliphatic heterocycles. The lowest BCUT2D eigenvalue weighted by Crippen LogP contribution is -2.13. The Morgan fingerprint density at radius 1 is 1.37 bits per heavy atom. The Kier molecular flexibility index (Phi) is 4.58. The highest BCUT2D eigenvalue weighted by atomic mass is 19.4. The van der Waals surface area contributed by atoms with E-state index in [9.17, 15) is 18.0 Å². The number of alkyl halides is 3. The van der Waals surface area contributed by atoms with E-state index in [4.69, 9.17) is 5.11 Å². The molecular formula is C13H14F3NO2. The van der Waals surface area contributed by atoms with Crippen molar-refractivity contribution in [1.29, 1.82) is 0 Å². The van der Waals surface area contributed by atoms with Crippen LogP contribution in [0.2, 0.25) is 0 Å². The second kappa shape index (κ2) is 5.77. The Bertz CT molecular complexity index is 503.